The number of aromatic nitrogens is 1. The van der Waals surface area contributed by atoms with Gasteiger partial charge in [0, 0.05) is 10.2 Å². The van der Waals surface area contributed by atoms with Gasteiger partial charge in [-0.05, 0) is 42.8 Å². The molecule has 16 heavy (non-hydrogen) atoms. The molecule has 0 aliphatic carbocycles. The minimum atomic E-state index is 0.986. The normalized spacial score (nSPS) is 10.9. The van der Waals surface area contributed by atoms with Gasteiger partial charge in [-0.3, -0.25) is 4.98 Å². The van der Waals surface area contributed by atoms with Crippen LogP contribution >= 0.6 is 15.9 Å². The molecule has 0 N–H and O–H groups in total. The lowest BCUT2D eigenvalue weighted by Gasteiger charge is -1.96. The Morgan fingerprint density at radius 2 is 1.88 bits per heavy atom. The number of aryl methyl sites for hydroxylation is 1. The first-order valence-corrected chi connectivity index (χ1v) is 5.91. The van der Waals surface area contributed by atoms with Crippen LogP contribution in [-0.2, 0) is 0 Å². The molecule has 0 radical (unpaired) electrons. The van der Waals surface area contributed by atoms with E-state index >= 15 is 0 Å². The fraction of sp³-hybridized carbons (Fsp3) is 0.0714. The van der Waals surface area contributed by atoms with Crippen LogP contribution in [0.3, 0.4) is 0 Å². The fourth-order valence-corrected chi connectivity index (χ4v) is 1.87. The third-order valence-electron chi connectivity index (χ3n) is 2.21. The summed E-state index contributed by atoms with van der Waals surface area (Å²) in [4.78, 5) is 4.41. The maximum absolute atomic E-state index is 4.41. The van der Waals surface area contributed by atoms with E-state index in [0.717, 1.165) is 21.4 Å². The standard InChI is InChI=1S/C14H12BrN/c1-11-4-2-7-14(16-11)9-8-12-5-3-6-13(15)10-12/h2-10H,1H3/b9-8+. The number of halogens is 1. The second-order valence-electron chi connectivity index (χ2n) is 3.59. The molecule has 2 heteroatoms. The van der Waals surface area contributed by atoms with Crippen molar-refractivity contribution >= 4 is 28.1 Å². The first-order valence-electron chi connectivity index (χ1n) is 5.11. The molecule has 2 rings (SSSR count). The molecule has 1 heterocycles. The van der Waals surface area contributed by atoms with E-state index in [4.69, 9.17) is 0 Å². The smallest absolute Gasteiger partial charge is 0.0633 e. The average Bonchev–Trinajstić information content (AvgIpc) is 2.27. The summed E-state index contributed by atoms with van der Waals surface area (Å²) in [7, 11) is 0. The maximum atomic E-state index is 4.41. The molecule has 0 fully saturated rings. The van der Waals surface area contributed by atoms with Crippen molar-refractivity contribution in [1.29, 1.82) is 0 Å². The van der Waals surface area contributed by atoms with Crippen LogP contribution in [0, 0.1) is 6.92 Å². The molecule has 1 aromatic heterocycles. The first-order chi connectivity index (χ1) is 7.74. The van der Waals surface area contributed by atoms with E-state index in [1.54, 1.807) is 0 Å². The van der Waals surface area contributed by atoms with Crippen molar-refractivity contribution in [3.63, 3.8) is 0 Å². The van der Waals surface area contributed by atoms with Crippen LogP contribution in [0.2, 0.25) is 0 Å². The molecule has 2 aromatic rings. The molecule has 0 bridgehead atoms. The summed E-state index contributed by atoms with van der Waals surface area (Å²) in [5.74, 6) is 0. The van der Waals surface area contributed by atoms with E-state index in [2.05, 4.69) is 39.1 Å². The predicted octanol–water partition coefficient (Wildman–Crippen LogP) is 4.32. The number of hydrogen-bond acceptors (Lipinski definition) is 1. The van der Waals surface area contributed by atoms with Crippen LogP contribution in [0.1, 0.15) is 17.0 Å². The third-order valence-corrected chi connectivity index (χ3v) is 2.70. The monoisotopic (exact) mass is 273 g/mol. The van der Waals surface area contributed by atoms with Gasteiger partial charge in [0.2, 0.25) is 0 Å². The minimum Gasteiger partial charge on any atom is -0.254 e. The molecule has 0 aliphatic heterocycles. The largest absolute Gasteiger partial charge is 0.254 e. The Bertz CT molecular complexity index is 470. The molecular weight excluding hydrogens is 262 g/mol. The highest BCUT2D eigenvalue weighted by molar-refractivity contribution is 9.10. The topological polar surface area (TPSA) is 12.9 Å². The van der Waals surface area contributed by atoms with Crippen molar-refractivity contribution in [2.45, 2.75) is 6.92 Å². The van der Waals surface area contributed by atoms with E-state index in [1.165, 1.54) is 0 Å². The third kappa shape index (κ3) is 3.04. The van der Waals surface area contributed by atoms with Crippen LogP contribution in [0.25, 0.3) is 12.2 Å². The molecule has 1 aromatic carbocycles. The van der Waals surface area contributed by atoms with Crippen LogP contribution in [0.15, 0.2) is 46.9 Å². The summed E-state index contributed by atoms with van der Waals surface area (Å²) in [5, 5.41) is 0. The van der Waals surface area contributed by atoms with Gasteiger partial charge in [-0.25, -0.2) is 0 Å². The quantitative estimate of drug-likeness (QED) is 0.794. The molecule has 80 valence electrons. The Morgan fingerprint density at radius 1 is 1.06 bits per heavy atom. The van der Waals surface area contributed by atoms with Gasteiger partial charge in [-0.15, -0.1) is 0 Å². The van der Waals surface area contributed by atoms with Crippen molar-refractivity contribution < 1.29 is 0 Å². The Morgan fingerprint density at radius 3 is 2.62 bits per heavy atom. The van der Waals surface area contributed by atoms with Crippen molar-refractivity contribution in [1.82, 2.24) is 4.98 Å². The first kappa shape index (κ1) is 11.1. The lowest BCUT2D eigenvalue weighted by Crippen LogP contribution is -1.83. The zero-order valence-electron chi connectivity index (χ0n) is 9.02. The van der Waals surface area contributed by atoms with Gasteiger partial charge in [0.1, 0.15) is 0 Å². The minimum absolute atomic E-state index is 0.986. The van der Waals surface area contributed by atoms with Crippen LogP contribution in [0.4, 0.5) is 0 Å². The van der Waals surface area contributed by atoms with Gasteiger partial charge in [-0.2, -0.15) is 0 Å². The van der Waals surface area contributed by atoms with Gasteiger partial charge in [0.15, 0.2) is 0 Å². The molecule has 0 saturated carbocycles. The molecule has 0 spiro atoms. The average molecular weight is 274 g/mol. The van der Waals surface area contributed by atoms with Crippen LogP contribution in [0.5, 0.6) is 0 Å². The van der Waals surface area contributed by atoms with Crippen molar-refractivity contribution in [3.8, 4) is 0 Å². The highest BCUT2D eigenvalue weighted by Gasteiger charge is 1.91. The molecular formula is C14H12BrN. The molecule has 0 unspecified atom stereocenters. The summed E-state index contributed by atoms with van der Waals surface area (Å²) in [6.45, 7) is 2.00. The second kappa shape index (κ2) is 5.08. The maximum Gasteiger partial charge on any atom is 0.0633 e. The summed E-state index contributed by atoms with van der Waals surface area (Å²) >= 11 is 3.45. The van der Waals surface area contributed by atoms with Gasteiger partial charge >= 0.3 is 0 Å². The number of pyridine rings is 1. The lowest BCUT2D eigenvalue weighted by molar-refractivity contribution is 1.18. The number of nitrogens with zero attached hydrogens (tertiary/aromatic N) is 1. The Hall–Kier alpha value is -1.41. The zero-order valence-corrected chi connectivity index (χ0v) is 10.6. The molecule has 0 atom stereocenters. The molecule has 0 amide bonds. The van der Waals surface area contributed by atoms with E-state index < -0.39 is 0 Å². The van der Waals surface area contributed by atoms with Gasteiger partial charge in [0.05, 0.1) is 5.69 Å². The predicted molar refractivity (Wildman–Crippen MR) is 72.0 cm³/mol. The Kier molecular flexibility index (Phi) is 3.52. The summed E-state index contributed by atoms with van der Waals surface area (Å²) in [5.41, 5.74) is 3.19. The van der Waals surface area contributed by atoms with E-state index in [-0.39, 0.29) is 0 Å². The summed E-state index contributed by atoms with van der Waals surface area (Å²) < 4.78 is 1.09. The summed E-state index contributed by atoms with van der Waals surface area (Å²) in [6.07, 6.45) is 4.08. The van der Waals surface area contributed by atoms with Gasteiger partial charge in [0.25, 0.3) is 0 Å². The number of hydrogen-bond donors (Lipinski definition) is 0. The SMILES string of the molecule is Cc1cccc(/C=C/c2cccc(Br)c2)n1. The van der Waals surface area contributed by atoms with E-state index in [0.29, 0.717) is 0 Å². The van der Waals surface area contributed by atoms with Gasteiger partial charge in [-0.1, -0.05) is 40.2 Å². The van der Waals surface area contributed by atoms with Crippen molar-refractivity contribution in [3.05, 3.63) is 63.9 Å². The van der Waals surface area contributed by atoms with E-state index in [1.807, 2.05) is 43.3 Å². The number of rotatable bonds is 2. The summed E-state index contributed by atoms with van der Waals surface area (Å²) in [6, 6.07) is 14.2. The van der Waals surface area contributed by atoms with Crippen LogP contribution in [-0.4, -0.2) is 4.98 Å². The zero-order chi connectivity index (χ0) is 11.4. The Labute approximate surface area is 104 Å². The van der Waals surface area contributed by atoms with Crippen molar-refractivity contribution in [2.24, 2.45) is 0 Å². The van der Waals surface area contributed by atoms with E-state index in [9.17, 15) is 0 Å². The lowest BCUT2D eigenvalue weighted by atomic mass is 10.2. The highest BCUT2D eigenvalue weighted by Crippen LogP contribution is 2.13. The number of benzene rings is 1. The molecule has 0 saturated heterocycles. The van der Waals surface area contributed by atoms with Crippen LogP contribution < -0.4 is 0 Å². The molecule has 0 aliphatic rings. The van der Waals surface area contributed by atoms with Crippen molar-refractivity contribution in [2.75, 3.05) is 0 Å². The highest BCUT2D eigenvalue weighted by atomic mass is 79.9. The fourth-order valence-electron chi connectivity index (χ4n) is 1.45. The molecule has 1 nitrogen and oxygen atoms in total. The second-order valence-corrected chi connectivity index (χ2v) is 4.51. The Balaban J connectivity index is 2.21. The van der Waals surface area contributed by atoms with Gasteiger partial charge < -0.3 is 0 Å².